The molecule has 210 valence electrons. The van der Waals surface area contributed by atoms with Crippen molar-refractivity contribution in [3.63, 3.8) is 0 Å². The van der Waals surface area contributed by atoms with Crippen LogP contribution in [0.15, 0.2) is 77.8 Å². The monoisotopic (exact) mass is 571 g/mol. The molecule has 3 aromatic carbocycles. The van der Waals surface area contributed by atoms with Gasteiger partial charge in [0, 0.05) is 18.7 Å². The molecule has 1 aliphatic rings. The Kier molecular flexibility index (Phi) is 7.56. The number of hydrogen-bond acceptors (Lipinski definition) is 6. The number of benzene rings is 3. The first-order valence-corrected chi connectivity index (χ1v) is 14.1. The van der Waals surface area contributed by atoms with Crippen LogP contribution < -0.4 is 10.1 Å². The van der Waals surface area contributed by atoms with Crippen LogP contribution in [0.1, 0.15) is 36.2 Å². The number of fused-ring (bicyclic) bond motifs is 2. The summed E-state index contributed by atoms with van der Waals surface area (Å²) in [6.45, 7) is 4.58. The second-order valence-electron chi connectivity index (χ2n) is 10.00. The van der Waals surface area contributed by atoms with Crippen molar-refractivity contribution < 1.29 is 26.3 Å². The lowest BCUT2D eigenvalue weighted by molar-refractivity contribution is -0.137. The summed E-state index contributed by atoms with van der Waals surface area (Å²) < 4.78 is 76.4. The standard InChI is InChI=1S/C28H28F3N5O3S/c1-19(2)14-32-24-10-6-12-26-27(24)40(37,38)36(16-21-8-3-4-11-25(21)39-26)18-23-17-35(34-33-23)15-20-7-5-9-22(13-20)28(29,30)31/h3-13,17,19,32H,14-16,18H2,1-2H3. The zero-order valence-electron chi connectivity index (χ0n) is 21.9. The van der Waals surface area contributed by atoms with Gasteiger partial charge in [-0.3, -0.25) is 0 Å². The van der Waals surface area contributed by atoms with Gasteiger partial charge in [-0.25, -0.2) is 13.1 Å². The Bertz CT molecular complexity index is 1620. The normalized spacial score (nSPS) is 15.1. The Labute approximate surface area is 230 Å². The van der Waals surface area contributed by atoms with Crippen molar-refractivity contribution in [2.45, 2.75) is 44.6 Å². The fraction of sp³-hybridized carbons (Fsp3) is 0.286. The van der Waals surface area contributed by atoms with Gasteiger partial charge in [0.05, 0.1) is 36.2 Å². The maximum absolute atomic E-state index is 14.1. The number of rotatable bonds is 7. The largest absolute Gasteiger partial charge is 0.456 e. The predicted molar refractivity (Wildman–Crippen MR) is 143 cm³/mol. The first-order chi connectivity index (χ1) is 19.0. The van der Waals surface area contributed by atoms with Crippen LogP contribution in [0.4, 0.5) is 18.9 Å². The zero-order chi connectivity index (χ0) is 28.5. The average molecular weight is 572 g/mol. The van der Waals surface area contributed by atoms with Crippen molar-refractivity contribution in [2.24, 2.45) is 5.92 Å². The van der Waals surface area contributed by atoms with Crippen molar-refractivity contribution >= 4 is 15.7 Å². The van der Waals surface area contributed by atoms with Gasteiger partial charge in [-0.2, -0.15) is 17.5 Å². The molecule has 1 N–H and O–H groups in total. The van der Waals surface area contributed by atoms with Gasteiger partial charge < -0.3 is 10.1 Å². The molecule has 0 radical (unpaired) electrons. The summed E-state index contributed by atoms with van der Waals surface area (Å²) in [5.41, 5.74) is 1.10. The van der Waals surface area contributed by atoms with Crippen LogP contribution in [0.25, 0.3) is 0 Å². The van der Waals surface area contributed by atoms with Gasteiger partial charge in [-0.15, -0.1) is 5.10 Å². The SMILES string of the molecule is CC(C)CNc1cccc2c1S(=O)(=O)N(Cc1cn(Cc3cccc(C(F)(F)F)c3)nn1)Cc1ccccc1O2. The number of aromatic nitrogens is 3. The molecule has 1 aliphatic heterocycles. The molecule has 12 heteroatoms. The lowest BCUT2D eigenvalue weighted by atomic mass is 10.1. The van der Waals surface area contributed by atoms with Gasteiger partial charge >= 0.3 is 6.18 Å². The van der Waals surface area contributed by atoms with E-state index in [0.29, 0.717) is 34.8 Å². The Balaban J connectivity index is 1.48. The number of anilines is 1. The average Bonchev–Trinajstić information content (AvgIpc) is 3.33. The van der Waals surface area contributed by atoms with Crippen LogP contribution in [0.3, 0.4) is 0 Å². The predicted octanol–water partition coefficient (Wildman–Crippen LogP) is 5.91. The van der Waals surface area contributed by atoms with E-state index in [1.54, 1.807) is 42.6 Å². The molecule has 0 fully saturated rings. The van der Waals surface area contributed by atoms with E-state index in [0.717, 1.165) is 12.1 Å². The van der Waals surface area contributed by atoms with Crippen molar-refractivity contribution in [1.82, 2.24) is 19.3 Å². The van der Waals surface area contributed by atoms with E-state index >= 15 is 0 Å². The smallest absolute Gasteiger partial charge is 0.416 e. The van der Waals surface area contributed by atoms with Gasteiger partial charge in [0.25, 0.3) is 0 Å². The molecule has 0 saturated carbocycles. The van der Waals surface area contributed by atoms with E-state index in [4.69, 9.17) is 4.74 Å². The Hall–Kier alpha value is -3.90. The number of ether oxygens (including phenoxy) is 1. The van der Waals surface area contributed by atoms with E-state index < -0.39 is 21.8 Å². The third-order valence-corrected chi connectivity index (χ3v) is 8.22. The Morgan fingerprint density at radius 2 is 1.75 bits per heavy atom. The fourth-order valence-electron chi connectivity index (χ4n) is 4.42. The summed E-state index contributed by atoms with van der Waals surface area (Å²) >= 11 is 0. The molecular formula is C28H28F3N5O3S. The highest BCUT2D eigenvalue weighted by atomic mass is 32.2. The van der Waals surface area contributed by atoms with Crippen LogP contribution in [0, 0.1) is 5.92 Å². The fourth-order valence-corrected chi connectivity index (χ4v) is 6.07. The van der Waals surface area contributed by atoms with E-state index in [1.807, 2.05) is 26.0 Å². The summed E-state index contributed by atoms with van der Waals surface area (Å²) in [5, 5.41) is 11.4. The molecule has 1 aromatic heterocycles. The molecule has 0 bridgehead atoms. The second-order valence-corrected chi connectivity index (χ2v) is 11.9. The number of hydrogen-bond donors (Lipinski definition) is 1. The quantitative estimate of drug-likeness (QED) is 0.297. The first kappa shape index (κ1) is 27.7. The van der Waals surface area contributed by atoms with E-state index in [9.17, 15) is 21.6 Å². The molecular weight excluding hydrogens is 543 g/mol. The molecule has 40 heavy (non-hydrogen) atoms. The van der Waals surface area contributed by atoms with Crippen molar-refractivity contribution in [3.05, 3.63) is 95.3 Å². The van der Waals surface area contributed by atoms with E-state index in [-0.39, 0.29) is 36.2 Å². The van der Waals surface area contributed by atoms with Crippen LogP contribution >= 0.6 is 0 Å². The van der Waals surface area contributed by atoms with Gasteiger partial charge in [0.1, 0.15) is 16.4 Å². The molecule has 0 spiro atoms. The molecule has 8 nitrogen and oxygen atoms in total. The third kappa shape index (κ3) is 5.97. The van der Waals surface area contributed by atoms with Crippen LogP contribution in [-0.2, 0) is 35.8 Å². The second kappa shape index (κ2) is 10.9. The summed E-state index contributed by atoms with van der Waals surface area (Å²) in [4.78, 5) is 0.0292. The summed E-state index contributed by atoms with van der Waals surface area (Å²) in [6.07, 6.45) is -2.91. The van der Waals surface area contributed by atoms with Gasteiger partial charge in [-0.1, -0.05) is 55.5 Å². The van der Waals surface area contributed by atoms with Crippen LogP contribution in [-0.4, -0.2) is 34.3 Å². The van der Waals surface area contributed by atoms with Crippen molar-refractivity contribution in [1.29, 1.82) is 0 Å². The minimum absolute atomic E-state index is 0.0248. The number of sulfonamides is 1. The highest BCUT2D eigenvalue weighted by Crippen LogP contribution is 2.41. The number of nitrogens with zero attached hydrogens (tertiary/aromatic N) is 4. The molecule has 0 aliphatic carbocycles. The molecule has 0 atom stereocenters. The number of alkyl halides is 3. The minimum atomic E-state index is -4.46. The lowest BCUT2D eigenvalue weighted by Gasteiger charge is -2.28. The summed E-state index contributed by atoms with van der Waals surface area (Å²) in [7, 11) is -4.09. The van der Waals surface area contributed by atoms with Crippen molar-refractivity contribution in [3.8, 4) is 11.5 Å². The maximum atomic E-state index is 14.1. The third-order valence-electron chi connectivity index (χ3n) is 6.34. The molecule has 2 heterocycles. The number of para-hydroxylation sites is 1. The van der Waals surface area contributed by atoms with Gasteiger partial charge in [0.2, 0.25) is 10.0 Å². The molecule has 4 aromatic rings. The Morgan fingerprint density at radius 1 is 1.00 bits per heavy atom. The number of nitrogens with one attached hydrogen (secondary N) is 1. The van der Waals surface area contributed by atoms with Crippen LogP contribution in [0.5, 0.6) is 11.5 Å². The topological polar surface area (TPSA) is 89.4 Å². The first-order valence-electron chi connectivity index (χ1n) is 12.7. The van der Waals surface area contributed by atoms with Gasteiger partial charge in [-0.05, 0) is 41.8 Å². The lowest BCUT2D eigenvalue weighted by Crippen LogP contribution is -2.32. The van der Waals surface area contributed by atoms with E-state index in [1.165, 1.54) is 15.1 Å². The highest BCUT2D eigenvalue weighted by Gasteiger charge is 2.35. The highest BCUT2D eigenvalue weighted by molar-refractivity contribution is 7.89. The van der Waals surface area contributed by atoms with E-state index in [2.05, 4.69) is 15.6 Å². The van der Waals surface area contributed by atoms with Crippen LogP contribution in [0.2, 0.25) is 0 Å². The zero-order valence-corrected chi connectivity index (χ0v) is 22.7. The van der Waals surface area contributed by atoms with Gasteiger partial charge in [0.15, 0.2) is 0 Å². The maximum Gasteiger partial charge on any atom is 0.416 e. The Morgan fingerprint density at radius 3 is 2.52 bits per heavy atom. The molecule has 5 rings (SSSR count). The minimum Gasteiger partial charge on any atom is -0.456 e. The van der Waals surface area contributed by atoms with Crippen molar-refractivity contribution in [2.75, 3.05) is 11.9 Å². The molecule has 0 amide bonds. The molecule has 0 saturated heterocycles. The molecule has 0 unspecified atom stereocenters. The number of halogens is 3. The summed E-state index contributed by atoms with van der Waals surface area (Å²) in [5.74, 6) is 1.02. The summed E-state index contributed by atoms with van der Waals surface area (Å²) in [6, 6.07) is 17.3.